The lowest BCUT2D eigenvalue weighted by molar-refractivity contribution is -0.385. The molecule has 0 aliphatic heterocycles. The number of hydrogen-bond donors (Lipinski definition) is 4. The number of nitro benzene ring substituents is 1. The Morgan fingerprint density at radius 2 is 1.68 bits per heavy atom. The fraction of sp³-hybridized carbons (Fsp3) is 0.111. The molecule has 0 aliphatic carbocycles. The highest BCUT2D eigenvalue weighted by atomic mass is 35.5. The zero-order chi connectivity index (χ0) is 23.0. The van der Waals surface area contributed by atoms with Crippen molar-refractivity contribution in [2.75, 3.05) is 5.32 Å². The zero-order valence-electron chi connectivity index (χ0n) is 15.6. The predicted octanol–water partition coefficient (Wildman–Crippen LogP) is 2.96. The first-order chi connectivity index (χ1) is 14.7. The van der Waals surface area contributed by atoms with Gasteiger partial charge in [0.15, 0.2) is 5.11 Å². The lowest BCUT2D eigenvalue weighted by atomic mass is 10.1. The number of hydrazine groups is 1. The Hall–Kier alpha value is -3.28. The number of anilines is 1. The van der Waals surface area contributed by atoms with Gasteiger partial charge >= 0.3 is 0 Å². The molecule has 10 nitrogen and oxygen atoms in total. The van der Waals surface area contributed by atoms with Crippen molar-refractivity contribution in [1.29, 1.82) is 0 Å². The molecule has 0 aromatic heterocycles. The first kappa shape index (κ1) is 24.0. The number of benzene rings is 2. The molecule has 31 heavy (non-hydrogen) atoms. The van der Waals surface area contributed by atoms with Gasteiger partial charge in [0.2, 0.25) is 11.8 Å². The third kappa shape index (κ3) is 7.48. The van der Waals surface area contributed by atoms with Gasteiger partial charge in [0, 0.05) is 23.9 Å². The van der Waals surface area contributed by atoms with Crippen LogP contribution in [0, 0.1) is 10.1 Å². The van der Waals surface area contributed by atoms with Gasteiger partial charge in [-0.3, -0.25) is 40.7 Å². The van der Waals surface area contributed by atoms with E-state index in [0.717, 1.165) is 0 Å². The second kappa shape index (κ2) is 11.2. The van der Waals surface area contributed by atoms with E-state index in [-0.39, 0.29) is 28.5 Å². The summed E-state index contributed by atoms with van der Waals surface area (Å²) in [6.45, 7) is 0. The maximum atomic E-state index is 12.1. The molecule has 162 valence electrons. The standard InChI is InChI=1S/C18H15Cl2N5O5S/c19-10-5-6-13(12(20)9-10)21-15(26)7-8-16(27)23-24-18(31)22-17(28)11-3-1-2-4-14(11)25(29)30/h1-6,9H,7-8H2,(H,21,26)(H,23,27)(H2,22,24,28,31). The van der Waals surface area contributed by atoms with Crippen molar-refractivity contribution in [3.63, 3.8) is 0 Å². The van der Waals surface area contributed by atoms with Crippen LogP contribution >= 0.6 is 35.4 Å². The van der Waals surface area contributed by atoms with E-state index in [0.29, 0.717) is 10.7 Å². The molecule has 0 radical (unpaired) electrons. The predicted molar refractivity (Wildman–Crippen MR) is 119 cm³/mol. The first-order valence-corrected chi connectivity index (χ1v) is 9.72. The number of carbonyl (C=O) groups is 3. The number of hydrogen-bond acceptors (Lipinski definition) is 6. The van der Waals surface area contributed by atoms with Gasteiger partial charge in [-0.25, -0.2) is 0 Å². The number of nitrogens with zero attached hydrogens (tertiary/aromatic N) is 1. The highest BCUT2D eigenvalue weighted by Crippen LogP contribution is 2.25. The Morgan fingerprint density at radius 3 is 2.35 bits per heavy atom. The summed E-state index contributed by atoms with van der Waals surface area (Å²) >= 11 is 16.6. The normalized spacial score (nSPS) is 10.0. The smallest absolute Gasteiger partial charge is 0.282 e. The Balaban J connectivity index is 1.77. The van der Waals surface area contributed by atoms with Crippen molar-refractivity contribution in [3.8, 4) is 0 Å². The fourth-order valence-corrected chi connectivity index (χ4v) is 2.85. The number of nitro groups is 1. The maximum Gasteiger partial charge on any atom is 0.282 e. The van der Waals surface area contributed by atoms with Crippen LogP contribution in [0.15, 0.2) is 42.5 Å². The van der Waals surface area contributed by atoms with E-state index in [9.17, 15) is 24.5 Å². The quantitative estimate of drug-likeness (QED) is 0.281. The van der Waals surface area contributed by atoms with Crippen LogP contribution in [-0.4, -0.2) is 27.8 Å². The van der Waals surface area contributed by atoms with E-state index in [1.807, 2.05) is 0 Å². The van der Waals surface area contributed by atoms with Crippen molar-refractivity contribution in [2.24, 2.45) is 0 Å². The summed E-state index contributed by atoms with van der Waals surface area (Å²) in [7, 11) is 0. The van der Waals surface area contributed by atoms with Gasteiger partial charge in [0.05, 0.1) is 15.6 Å². The molecule has 0 heterocycles. The highest BCUT2D eigenvalue weighted by Gasteiger charge is 2.20. The summed E-state index contributed by atoms with van der Waals surface area (Å²) in [4.78, 5) is 46.2. The average Bonchev–Trinajstić information content (AvgIpc) is 2.72. The van der Waals surface area contributed by atoms with Crippen LogP contribution < -0.4 is 21.5 Å². The van der Waals surface area contributed by atoms with Gasteiger partial charge in [-0.15, -0.1) is 0 Å². The molecule has 0 saturated carbocycles. The van der Waals surface area contributed by atoms with E-state index in [4.69, 9.17) is 35.4 Å². The molecule has 2 aromatic carbocycles. The summed E-state index contributed by atoms with van der Waals surface area (Å²) in [5.74, 6) is -1.86. The van der Waals surface area contributed by atoms with E-state index >= 15 is 0 Å². The van der Waals surface area contributed by atoms with E-state index in [1.54, 1.807) is 6.07 Å². The Kier molecular flexibility index (Phi) is 8.67. The lowest BCUT2D eigenvalue weighted by Gasteiger charge is -2.11. The minimum atomic E-state index is -0.821. The lowest BCUT2D eigenvalue weighted by Crippen LogP contribution is -2.48. The van der Waals surface area contributed by atoms with Gasteiger partial charge in [0.1, 0.15) is 5.56 Å². The number of rotatable bonds is 6. The monoisotopic (exact) mass is 483 g/mol. The van der Waals surface area contributed by atoms with Crippen LogP contribution in [0.4, 0.5) is 11.4 Å². The largest absolute Gasteiger partial charge is 0.325 e. The molecule has 2 rings (SSSR count). The van der Waals surface area contributed by atoms with Gasteiger partial charge in [-0.2, -0.15) is 0 Å². The maximum absolute atomic E-state index is 12.1. The zero-order valence-corrected chi connectivity index (χ0v) is 17.9. The van der Waals surface area contributed by atoms with E-state index in [1.165, 1.54) is 36.4 Å². The van der Waals surface area contributed by atoms with Crippen molar-refractivity contribution in [3.05, 3.63) is 68.2 Å². The molecule has 0 bridgehead atoms. The summed E-state index contributed by atoms with van der Waals surface area (Å²) in [5, 5.41) is 16.1. The van der Waals surface area contributed by atoms with Crippen LogP contribution in [0.25, 0.3) is 0 Å². The fourth-order valence-electron chi connectivity index (χ4n) is 2.25. The van der Waals surface area contributed by atoms with E-state index in [2.05, 4.69) is 21.5 Å². The van der Waals surface area contributed by atoms with Crippen LogP contribution in [0.5, 0.6) is 0 Å². The van der Waals surface area contributed by atoms with Gasteiger partial charge in [0.25, 0.3) is 11.6 Å². The summed E-state index contributed by atoms with van der Waals surface area (Å²) in [6, 6.07) is 9.87. The Morgan fingerprint density at radius 1 is 1.00 bits per heavy atom. The molecule has 0 unspecified atom stereocenters. The minimum Gasteiger partial charge on any atom is -0.325 e. The highest BCUT2D eigenvalue weighted by molar-refractivity contribution is 7.80. The van der Waals surface area contributed by atoms with Crippen molar-refractivity contribution < 1.29 is 19.3 Å². The number of para-hydroxylation sites is 1. The number of nitrogens with one attached hydrogen (secondary N) is 4. The van der Waals surface area contributed by atoms with Crippen LogP contribution in [0.1, 0.15) is 23.2 Å². The van der Waals surface area contributed by atoms with Crippen molar-refractivity contribution in [1.82, 2.24) is 16.2 Å². The third-order valence-electron chi connectivity index (χ3n) is 3.67. The molecule has 0 aliphatic rings. The summed E-state index contributed by atoms with van der Waals surface area (Å²) < 4.78 is 0. The van der Waals surface area contributed by atoms with Crippen LogP contribution in [0.2, 0.25) is 10.0 Å². The van der Waals surface area contributed by atoms with Gasteiger partial charge in [-0.1, -0.05) is 35.3 Å². The summed E-state index contributed by atoms with van der Waals surface area (Å²) in [5.41, 5.74) is 4.27. The molecular weight excluding hydrogens is 469 g/mol. The molecule has 0 fully saturated rings. The number of halogens is 2. The molecule has 0 saturated heterocycles. The number of amides is 3. The van der Waals surface area contributed by atoms with Gasteiger partial charge in [-0.05, 0) is 36.5 Å². The van der Waals surface area contributed by atoms with Crippen molar-refractivity contribution >= 4 is 69.6 Å². The second-order valence-corrected chi connectivity index (χ2v) is 7.15. The molecular formula is C18H15Cl2N5O5S. The van der Waals surface area contributed by atoms with E-state index < -0.39 is 28.3 Å². The second-order valence-electron chi connectivity index (χ2n) is 5.90. The summed E-state index contributed by atoms with van der Waals surface area (Å²) in [6.07, 6.45) is -0.341. The molecule has 2 aromatic rings. The Bertz CT molecular complexity index is 1050. The molecule has 0 spiro atoms. The van der Waals surface area contributed by atoms with Crippen LogP contribution in [-0.2, 0) is 9.59 Å². The third-order valence-corrected chi connectivity index (χ3v) is 4.42. The minimum absolute atomic E-state index is 0.151. The van der Waals surface area contributed by atoms with Crippen LogP contribution in [0.3, 0.4) is 0 Å². The van der Waals surface area contributed by atoms with Crippen molar-refractivity contribution in [2.45, 2.75) is 12.8 Å². The molecule has 0 atom stereocenters. The molecule has 3 amide bonds. The van der Waals surface area contributed by atoms with Gasteiger partial charge < -0.3 is 5.32 Å². The number of carbonyl (C=O) groups excluding carboxylic acids is 3. The SMILES string of the molecule is O=C(CCC(=O)Nc1ccc(Cl)cc1Cl)NNC(=S)NC(=O)c1ccccc1[N+](=O)[O-]. The topological polar surface area (TPSA) is 142 Å². The Labute approximate surface area is 191 Å². The number of thiocarbonyl (C=S) groups is 1. The average molecular weight is 484 g/mol. The molecule has 4 N–H and O–H groups in total. The molecule has 13 heteroatoms. The first-order valence-electron chi connectivity index (χ1n) is 8.56.